The third-order valence-electron chi connectivity index (χ3n) is 6.18. The topological polar surface area (TPSA) is 76.6 Å². The predicted octanol–water partition coefficient (Wildman–Crippen LogP) is 5.15. The minimum atomic E-state index is -0.108. The van der Waals surface area contributed by atoms with Gasteiger partial charge in [-0.05, 0) is 54.2 Å². The Morgan fingerprint density at radius 3 is 2.69 bits per heavy atom. The molecule has 1 aromatic heterocycles. The number of anilines is 1. The van der Waals surface area contributed by atoms with E-state index in [2.05, 4.69) is 30.1 Å². The number of benzene rings is 2. The molecule has 0 radical (unpaired) electrons. The lowest BCUT2D eigenvalue weighted by Crippen LogP contribution is -2.22. The number of aromatic nitrogens is 2. The summed E-state index contributed by atoms with van der Waals surface area (Å²) >= 11 is 1.61. The molecule has 0 spiro atoms. The molecule has 0 aliphatic carbocycles. The first-order valence-electron chi connectivity index (χ1n) is 12.1. The number of carbonyl (C=O) groups excluding carboxylic acids is 1. The van der Waals surface area contributed by atoms with Crippen LogP contribution in [0.15, 0.2) is 53.7 Å². The molecule has 2 aromatic carbocycles. The van der Waals surface area contributed by atoms with E-state index >= 15 is 0 Å². The molecular formula is C27H30N4O3S. The lowest BCUT2D eigenvalue weighted by Gasteiger charge is -2.18. The van der Waals surface area contributed by atoms with Gasteiger partial charge >= 0.3 is 0 Å². The third-order valence-corrected chi connectivity index (χ3v) is 7.10. The van der Waals surface area contributed by atoms with Crippen LogP contribution >= 0.6 is 11.8 Å². The fraction of sp³-hybridized carbons (Fsp3) is 0.370. The Kier molecular flexibility index (Phi) is 7.08. The minimum Gasteiger partial charge on any atom is -0.454 e. The van der Waals surface area contributed by atoms with E-state index in [9.17, 15) is 4.79 Å². The summed E-state index contributed by atoms with van der Waals surface area (Å²) in [7, 11) is 0. The van der Waals surface area contributed by atoms with Crippen LogP contribution in [0, 0.1) is 0 Å². The highest BCUT2D eigenvalue weighted by Crippen LogP contribution is 2.32. The monoisotopic (exact) mass is 490 g/mol. The SMILES string of the molecule is CC(C)c1cc(N2CCCC2)nc(SCc2cccc(C(=O)NCc3ccc4c(c3)OCO4)c2)n1. The average molecular weight is 491 g/mol. The van der Waals surface area contributed by atoms with Gasteiger partial charge in [0.15, 0.2) is 16.7 Å². The second kappa shape index (κ2) is 10.6. The molecule has 0 saturated carbocycles. The number of thioether (sulfide) groups is 1. The van der Waals surface area contributed by atoms with Gasteiger partial charge in [-0.2, -0.15) is 0 Å². The molecule has 182 valence electrons. The van der Waals surface area contributed by atoms with Crippen molar-refractivity contribution in [2.24, 2.45) is 0 Å². The fourth-order valence-electron chi connectivity index (χ4n) is 4.18. The van der Waals surface area contributed by atoms with Crippen LogP contribution in [0.2, 0.25) is 0 Å². The van der Waals surface area contributed by atoms with E-state index < -0.39 is 0 Å². The Bertz CT molecular complexity index is 1210. The van der Waals surface area contributed by atoms with Gasteiger partial charge in [-0.3, -0.25) is 4.79 Å². The van der Waals surface area contributed by atoms with Crippen molar-refractivity contribution < 1.29 is 14.3 Å². The number of nitrogens with one attached hydrogen (secondary N) is 1. The largest absolute Gasteiger partial charge is 0.454 e. The summed E-state index contributed by atoms with van der Waals surface area (Å²) in [4.78, 5) is 24.8. The molecule has 3 heterocycles. The number of carbonyl (C=O) groups is 1. The Hall–Kier alpha value is -3.26. The molecule has 1 fully saturated rings. The number of fused-ring (bicyclic) bond motifs is 1. The van der Waals surface area contributed by atoms with Crippen molar-refractivity contribution in [2.75, 3.05) is 24.8 Å². The van der Waals surface area contributed by atoms with Gasteiger partial charge in [0.1, 0.15) is 5.82 Å². The first-order chi connectivity index (χ1) is 17.0. The highest BCUT2D eigenvalue weighted by molar-refractivity contribution is 7.98. The van der Waals surface area contributed by atoms with Crippen LogP contribution in [0.4, 0.5) is 5.82 Å². The molecule has 5 rings (SSSR count). The minimum absolute atomic E-state index is 0.108. The summed E-state index contributed by atoms with van der Waals surface area (Å²) < 4.78 is 10.8. The second-order valence-electron chi connectivity index (χ2n) is 9.14. The highest BCUT2D eigenvalue weighted by atomic mass is 32.2. The predicted molar refractivity (Wildman–Crippen MR) is 137 cm³/mol. The van der Waals surface area contributed by atoms with Crippen LogP contribution in [0.5, 0.6) is 11.5 Å². The summed E-state index contributed by atoms with van der Waals surface area (Å²) in [5, 5.41) is 3.78. The zero-order valence-electron chi connectivity index (χ0n) is 20.1. The summed E-state index contributed by atoms with van der Waals surface area (Å²) in [6.07, 6.45) is 2.43. The van der Waals surface area contributed by atoms with Crippen molar-refractivity contribution >= 4 is 23.5 Å². The fourth-order valence-corrected chi connectivity index (χ4v) is 4.99. The van der Waals surface area contributed by atoms with E-state index in [-0.39, 0.29) is 12.7 Å². The molecule has 2 aliphatic heterocycles. The maximum atomic E-state index is 12.8. The number of hydrogen-bond acceptors (Lipinski definition) is 7. The van der Waals surface area contributed by atoms with Crippen molar-refractivity contribution in [1.82, 2.24) is 15.3 Å². The highest BCUT2D eigenvalue weighted by Gasteiger charge is 2.18. The molecule has 8 heteroatoms. The van der Waals surface area contributed by atoms with E-state index in [1.54, 1.807) is 11.8 Å². The number of nitrogens with zero attached hydrogens (tertiary/aromatic N) is 3. The molecule has 2 aliphatic rings. The molecule has 35 heavy (non-hydrogen) atoms. The molecular weight excluding hydrogens is 460 g/mol. The average Bonchev–Trinajstić information content (AvgIpc) is 3.58. The Balaban J connectivity index is 1.22. The van der Waals surface area contributed by atoms with E-state index in [1.165, 1.54) is 12.8 Å². The lowest BCUT2D eigenvalue weighted by atomic mass is 10.1. The Labute approximate surface area is 210 Å². The van der Waals surface area contributed by atoms with E-state index in [0.29, 0.717) is 29.5 Å². The van der Waals surface area contributed by atoms with Crippen LogP contribution in [0.3, 0.4) is 0 Å². The molecule has 0 bridgehead atoms. The molecule has 0 atom stereocenters. The van der Waals surface area contributed by atoms with E-state index in [4.69, 9.17) is 19.4 Å². The molecule has 0 unspecified atom stereocenters. The lowest BCUT2D eigenvalue weighted by molar-refractivity contribution is 0.0950. The summed E-state index contributed by atoms with van der Waals surface area (Å²) in [5.74, 6) is 3.41. The van der Waals surface area contributed by atoms with Gasteiger partial charge in [-0.15, -0.1) is 0 Å². The van der Waals surface area contributed by atoms with Crippen molar-refractivity contribution in [1.29, 1.82) is 0 Å². The van der Waals surface area contributed by atoms with Gasteiger partial charge in [0, 0.05) is 42.7 Å². The van der Waals surface area contributed by atoms with E-state index in [0.717, 1.165) is 46.6 Å². The zero-order valence-corrected chi connectivity index (χ0v) is 20.9. The van der Waals surface area contributed by atoms with Crippen molar-refractivity contribution in [3.63, 3.8) is 0 Å². The van der Waals surface area contributed by atoms with Crippen LogP contribution in [0.1, 0.15) is 59.8 Å². The molecule has 3 aromatic rings. The number of amides is 1. The smallest absolute Gasteiger partial charge is 0.251 e. The van der Waals surface area contributed by atoms with Crippen molar-refractivity contribution in [3.05, 3.63) is 70.9 Å². The Morgan fingerprint density at radius 2 is 1.86 bits per heavy atom. The standard InChI is InChI=1S/C27H30N4O3S/c1-18(2)22-14-25(31-10-3-4-11-31)30-27(29-22)35-16-20-6-5-7-21(12-20)26(32)28-15-19-8-9-23-24(13-19)34-17-33-23/h5-9,12-14,18H,3-4,10-11,15-17H2,1-2H3,(H,28,32). The van der Waals surface area contributed by atoms with Gasteiger partial charge < -0.3 is 19.7 Å². The molecule has 1 amide bonds. The van der Waals surface area contributed by atoms with Crippen LogP contribution in [0.25, 0.3) is 0 Å². The molecule has 1 N–H and O–H groups in total. The van der Waals surface area contributed by atoms with Gasteiger partial charge in [-0.1, -0.05) is 43.8 Å². The number of ether oxygens (including phenoxy) is 2. The first-order valence-corrected chi connectivity index (χ1v) is 13.1. The normalized spacial score (nSPS) is 14.5. The van der Waals surface area contributed by atoms with Crippen molar-refractivity contribution in [3.8, 4) is 11.5 Å². The summed E-state index contributed by atoms with van der Waals surface area (Å²) in [6.45, 7) is 7.10. The first kappa shape index (κ1) is 23.5. The van der Waals surface area contributed by atoms with Gasteiger partial charge in [0.2, 0.25) is 6.79 Å². The summed E-state index contributed by atoms with van der Waals surface area (Å²) in [6, 6.07) is 15.6. The van der Waals surface area contributed by atoms with Crippen molar-refractivity contribution in [2.45, 2.75) is 50.1 Å². The zero-order chi connectivity index (χ0) is 24.2. The van der Waals surface area contributed by atoms with Crippen LogP contribution in [-0.4, -0.2) is 35.8 Å². The second-order valence-corrected chi connectivity index (χ2v) is 10.1. The summed E-state index contributed by atoms with van der Waals surface area (Å²) in [5.41, 5.74) is 3.73. The van der Waals surface area contributed by atoms with E-state index in [1.807, 2.05) is 42.5 Å². The number of hydrogen-bond donors (Lipinski definition) is 1. The van der Waals surface area contributed by atoms with Crippen LogP contribution < -0.4 is 19.7 Å². The maximum Gasteiger partial charge on any atom is 0.251 e. The molecule has 7 nitrogen and oxygen atoms in total. The Morgan fingerprint density at radius 1 is 1.03 bits per heavy atom. The molecule has 1 saturated heterocycles. The third kappa shape index (κ3) is 5.70. The van der Waals surface area contributed by atoms with Gasteiger partial charge in [0.05, 0.1) is 0 Å². The number of rotatable bonds is 8. The van der Waals surface area contributed by atoms with Crippen LogP contribution in [-0.2, 0) is 12.3 Å². The quantitative estimate of drug-likeness (QED) is 0.346. The maximum absolute atomic E-state index is 12.8. The van der Waals surface area contributed by atoms with Gasteiger partial charge in [0.25, 0.3) is 5.91 Å². The van der Waals surface area contributed by atoms with Gasteiger partial charge in [-0.25, -0.2) is 9.97 Å².